The van der Waals surface area contributed by atoms with Crippen molar-refractivity contribution in [3.8, 4) is 0 Å². The van der Waals surface area contributed by atoms with Crippen LogP contribution in [-0.2, 0) is 9.53 Å². The van der Waals surface area contributed by atoms with Gasteiger partial charge in [0.15, 0.2) is 5.78 Å². The first-order chi connectivity index (χ1) is 15.1. The predicted molar refractivity (Wildman–Crippen MR) is 133 cm³/mol. The zero-order valence-corrected chi connectivity index (χ0v) is 20.7. The molecule has 3 nitrogen and oxygen atoms in total. The van der Waals surface area contributed by atoms with E-state index in [9.17, 15) is 9.59 Å². The molecule has 0 amide bonds. The first-order valence-corrected chi connectivity index (χ1v) is 11.6. The zero-order chi connectivity index (χ0) is 24.0. The second-order valence-corrected chi connectivity index (χ2v) is 9.10. The number of allylic oxidation sites excluding steroid dienone is 7. The SMILES string of the molecule is C=C(CC(C)C(=O)C1=C(C)C=CC(CCC)C=C1C)C(C)c1c(C)cccc1C(=O)OC. The molecule has 172 valence electrons. The van der Waals surface area contributed by atoms with Crippen molar-refractivity contribution in [1.82, 2.24) is 0 Å². The molecule has 1 aliphatic carbocycles. The third-order valence-electron chi connectivity index (χ3n) is 6.51. The van der Waals surface area contributed by atoms with Crippen LogP contribution in [0.15, 0.2) is 65.3 Å². The molecule has 0 bridgehead atoms. The third-order valence-corrected chi connectivity index (χ3v) is 6.51. The van der Waals surface area contributed by atoms with E-state index >= 15 is 0 Å². The highest BCUT2D eigenvalue weighted by molar-refractivity contribution is 6.02. The molecule has 0 N–H and O–H groups in total. The van der Waals surface area contributed by atoms with E-state index in [4.69, 9.17) is 4.74 Å². The van der Waals surface area contributed by atoms with Gasteiger partial charge in [-0.15, -0.1) is 0 Å². The maximum Gasteiger partial charge on any atom is 0.338 e. The van der Waals surface area contributed by atoms with Crippen LogP contribution in [0, 0.1) is 18.8 Å². The summed E-state index contributed by atoms with van der Waals surface area (Å²) in [5.41, 5.74) is 6.38. The van der Waals surface area contributed by atoms with Crippen LogP contribution in [0.5, 0.6) is 0 Å². The molecule has 1 aromatic carbocycles. The largest absolute Gasteiger partial charge is 0.465 e. The monoisotopic (exact) mass is 434 g/mol. The Morgan fingerprint density at radius 1 is 1.16 bits per heavy atom. The fraction of sp³-hybridized carbons (Fsp3) is 0.448. The lowest BCUT2D eigenvalue weighted by molar-refractivity contribution is -0.118. The number of aryl methyl sites for hydroxylation is 1. The maximum absolute atomic E-state index is 13.5. The van der Waals surface area contributed by atoms with E-state index in [0.717, 1.165) is 46.3 Å². The average molecular weight is 435 g/mol. The van der Waals surface area contributed by atoms with E-state index in [1.807, 2.05) is 46.8 Å². The van der Waals surface area contributed by atoms with E-state index in [-0.39, 0.29) is 23.6 Å². The van der Waals surface area contributed by atoms with Crippen molar-refractivity contribution in [2.45, 2.75) is 66.7 Å². The molecule has 0 spiro atoms. The summed E-state index contributed by atoms with van der Waals surface area (Å²) in [5, 5.41) is 0. The minimum Gasteiger partial charge on any atom is -0.465 e. The highest BCUT2D eigenvalue weighted by atomic mass is 16.5. The minimum absolute atomic E-state index is 0.0600. The molecule has 32 heavy (non-hydrogen) atoms. The van der Waals surface area contributed by atoms with Gasteiger partial charge >= 0.3 is 5.97 Å². The summed E-state index contributed by atoms with van der Waals surface area (Å²) in [6.45, 7) is 16.6. The number of ketones is 1. The first-order valence-electron chi connectivity index (χ1n) is 11.6. The average Bonchev–Trinajstić information content (AvgIpc) is 2.89. The van der Waals surface area contributed by atoms with Crippen molar-refractivity contribution in [1.29, 1.82) is 0 Å². The molecule has 0 heterocycles. The van der Waals surface area contributed by atoms with Gasteiger partial charge in [-0.05, 0) is 67.9 Å². The number of ether oxygens (including phenoxy) is 1. The molecule has 0 saturated heterocycles. The summed E-state index contributed by atoms with van der Waals surface area (Å²) in [6.07, 6.45) is 9.31. The summed E-state index contributed by atoms with van der Waals surface area (Å²) >= 11 is 0. The van der Waals surface area contributed by atoms with E-state index in [1.54, 1.807) is 6.07 Å². The summed E-state index contributed by atoms with van der Waals surface area (Å²) in [4.78, 5) is 25.8. The van der Waals surface area contributed by atoms with Crippen LogP contribution in [0.4, 0.5) is 0 Å². The van der Waals surface area contributed by atoms with Crippen LogP contribution in [-0.4, -0.2) is 18.9 Å². The number of Topliss-reactive ketones (excluding diaryl/α,β-unsaturated/α-hetero) is 1. The maximum atomic E-state index is 13.5. The van der Waals surface area contributed by atoms with Gasteiger partial charge < -0.3 is 4.74 Å². The Morgan fingerprint density at radius 2 is 1.84 bits per heavy atom. The van der Waals surface area contributed by atoms with Crippen molar-refractivity contribution < 1.29 is 14.3 Å². The molecular weight excluding hydrogens is 396 g/mol. The molecule has 0 saturated carbocycles. The van der Waals surface area contributed by atoms with Crippen molar-refractivity contribution in [2.75, 3.05) is 7.11 Å². The van der Waals surface area contributed by atoms with E-state index < -0.39 is 0 Å². The Labute approximate surface area is 193 Å². The first kappa shape index (κ1) is 25.6. The van der Waals surface area contributed by atoms with Crippen molar-refractivity contribution in [2.24, 2.45) is 11.8 Å². The summed E-state index contributed by atoms with van der Waals surface area (Å²) in [7, 11) is 1.40. The lowest BCUT2D eigenvalue weighted by Crippen LogP contribution is -2.18. The van der Waals surface area contributed by atoms with Gasteiger partial charge in [0.2, 0.25) is 0 Å². The fourth-order valence-electron chi connectivity index (χ4n) is 4.68. The van der Waals surface area contributed by atoms with Crippen LogP contribution >= 0.6 is 0 Å². The van der Waals surface area contributed by atoms with Gasteiger partial charge in [0.05, 0.1) is 12.7 Å². The lowest BCUT2D eigenvalue weighted by atomic mass is 9.81. The van der Waals surface area contributed by atoms with Crippen molar-refractivity contribution in [3.63, 3.8) is 0 Å². The number of hydrogen-bond acceptors (Lipinski definition) is 3. The van der Waals surface area contributed by atoms with E-state index in [2.05, 4.69) is 31.7 Å². The number of carbonyl (C=O) groups is 2. The molecule has 3 unspecified atom stereocenters. The summed E-state index contributed by atoms with van der Waals surface area (Å²) in [6, 6.07) is 5.65. The molecule has 1 aliphatic rings. The normalized spacial score (nSPS) is 18.0. The number of esters is 1. The summed E-state index contributed by atoms with van der Waals surface area (Å²) < 4.78 is 4.98. The Hall–Kier alpha value is -2.68. The second kappa shape index (κ2) is 11.3. The molecule has 2 rings (SSSR count). The highest BCUT2D eigenvalue weighted by Crippen LogP contribution is 2.34. The lowest BCUT2D eigenvalue weighted by Gasteiger charge is -2.23. The summed E-state index contributed by atoms with van der Waals surface area (Å²) in [5.74, 6) is -0.0659. The standard InChI is InChI=1S/C29H38O3/c1-9-11-24-15-14-19(3)26(21(5)17-24)28(30)22(6)16-20(4)23(7)27-18(2)12-10-13-25(27)29(31)32-8/h10,12-15,17,22-24H,4,9,11,16H2,1-3,5-8H3. The third kappa shape index (κ3) is 5.76. The van der Waals surface area contributed by atoms with Crippen LogP contribution < -0.4 is 0 Å². The van der Waals surface area contributed by atoms with Crippen molar-refractivity contribution in [3.05, 3.63) is 82.0 Å². The van der Waals surface area contributed by atoms with Gasteiger partial charge in [0.25, 0.3) is 0 Å². The molecule has 1 aromatic rings. The topological polar surface area (TPSA) is 43.4 Å². The smallest absolute Gasteiger partial charge is 0.338 e. The van der Waals surface area contributed by atoms with Gasteiger partial charge in [-0.25, -0.2) is 4.79 Å². The van der Waals surface area contributed by atoms with Gasteiger partial charge in [-0.3, -0.25) is 4.79 Å². The number of methoxy groups -OCH3 is 1. The van der Waals surface area contributed by atoms with Gasteiger partial charge in [0, 0.05) is 17.4 Å². The van der Waals surface area contributed by atoms with Gasteiger partial charge in [-0.1, -0.05) is 69.7 Å². The molecular formula is C29H38O3. The van der Waals surface area contributed by atoms with E-state index in [0.29, 0.717) is 17.9 Å². The van der Waals surface area contributed by atoms with Crippen LogP contribution in [0.25, 0.3) is 0 Å². The quantitative estimate of drug-likeness (QED) is 0.303. The number of hydrogen-bond donors (Lipinski definition) is 0. The van der Waals surface area contributed by atoms with Crippen LogP contribution in [0.1, 0.15) is 81.3 Å². The fourth-order valence-corrected chi connectivity index (χ4v) is 4.68. The zero-order valence-electron chi connectivity index (χ0n) is 20.7. The highest BCUT2D eigenvalue weighted by Gasteiger charge is 2.26. The molecule has 0 aromatic heterocycles. The Morgan fingerprint density at radius 3 is 2.47 bits per heavy atom. The number of carbonyl (C=O) groups excluding carboxylic acids is 2. The molecule has 3 heteroatoms. The van der Waals surface area contributed by atoms with Crippen molar-refractivity contribution >= 4 is 11.8 Å². The Kier molecular flexibility index (Phi) is 9.00. The molecule has 0 fully saturated rings. The molecule has 3 atom stereocenters. The Balaban J connectivity index is 2.25. The minimum atomic E-state index is -0.346. The van der Waals surface area contributed by atoms with E-state index in [1.165, 1.54) is 7.11 Å². The molecule has 0 aliphatic heterocycles. The van der Waals surface area contributed by atoms with Crippen LogP contribution in [0.3, 0.4) is 0 Å². The molecule has 0 radical (unpaired) electrons. The second-order valence-electron chi connectivity index (χ2n) is 9.10. The predicted octanol–water partition coefficient (Wildman–Crippen LogP) is 7.29. The van der Waals surface area contributed by atoms with Gasteiger partial charge in [0.1, 0.15) is 0 Å². The van der Waals surface area contributed by atoms with Crippen LogP contribution in [0.2, 0.25) is 0 Å². The number of benzene rings is 1. The van der Waals surface area contributed by atoms with Gasteiger partial charge in [-0.2, -0.15) is 0 Å². The Bertz CT molecular complexity index is 974. The number of rotatable bonds is 9.